The van der Waals surface area contributed by atoms with Gasteiger partial charge in [0.15, 0.2) is 5.82 Å². The number of halogens is 1. The molecule has 9 heteroatoms. The Labute approximate surface area is 203 Å². The zero-order valence-corrected chi connectivity index (χ0v) is 19.8. The molecule has 0 unspecified atom stereocenters. The molecule has 0 bridgehead atoms. The zero-order valence-electron chi connectivity index (χ0n) is 19.8. The van der Waals surface area contributed by atoms with Gasteiger partial charge in [-0.3, -0.25) is 4.79 Å². The smallest absolute Gasteiger partial charge is 0.275 e. The lowest BCUT2D eigenvalue weighted by atomic mass is 10.1. The van der Waals surface area contributed by atoms with Crippen molar-refractivity contribution < 1.29 is 9.18 Å². The molecule has 1 aliphatic rings. The number of carbonyl (C=O) groups excluding carboxylic acids is 1. The molecule has 180 valence electrons. The van der Waals surface area contributed by atoms with Crippen LogP contribution < -0.4 is 15.5 Å². The van der Waals surface area contributed by atoms with Crippen molar-refractivity contribution in [3.63, 3.8) is 0 Å². The van der Waals surface area contributed by atoms with Crippen LogP contribution in [0.15, 0.2) is 61.1 Å². The minimum absolute atomic E-state index is 0.114. The average molecular weight is 474 g/mol. The van der Waals surface area contributed by atoms with Crippen molar-refractivity contribution >= 4 is 17.3 Å². The first-order chi connectivity index (χ1) is 17.0. The Bertz CT molecular complexity index is 1300. The summed E-state index contributed by atoms with van der Waals surface area (Å²) in [5, 5.41) is 6.27. The molecule has 3 heterocycles. The summed E-state index contributed by atoms with van der Waals surface area (Å²) in [5.74, 6) is -0.0902. The number of aromatic nitrogens is 4. The Morgan fingerprint density at radius 2 is 1.77 bits per heavy atom. The van der Waals surface area contributed by atoms with Gasteiger partial charge in [-0.05, 0) is 62.4 Å². The number of aromatic amines is 1. The summed E-state index contributed by atoms with van der Waals surface area (Å²) in [6.45, 7) is 7.96. The number of imidazole rings is 2. The van der Waals surface area contributed by atoms with E-state index < -0.39 is 0 Å². The largest absolute Gasteiger partial charge is 0.369 e. The van der Waals surface area contributed by atoms with Crippen molar-refractivity contribution in [2.24, 2.45) is 0 Å². The van der Waals surface area contributed by atoms with Crippen LogP contribution in [0, 0.1) is 5.82 Å². The van der Waals surface area contributed by atoms with Gasteiger partial charge < -0.3 is 25.1 Å². The monoisotopic (exact) mass is 473 g/mol. The Hall–Kier alpha value is -3.98. The lowest BCUT2D eigenvalue weighted by Gasteiger charge is -2.29. The van der Waals surface area contributed by atoms with E-state index in [0.717, 1.165) is 43.1 Å². The molecule has 2 aromatic carbocycles. The van der Waals surface area contributed by atoms with Crippen molar-refractivity contribution in [3.05, 3.63) is 72.6 Å². The highest BCUT2D eigenvalue weighted by atomic mass is 19.1. The maximum absolute atomic E-state index is 13.5. The molecular formula is C26H28FN7O. The topological polar surface area (TPSA) is 90.9 Å². The summed E-state index contributed by atoms with van der Waals surface area (Å²) < 4.78 is 15.4. The molecule has 3 N–H and O–H groups in total. The van der Waals surface area contributed by atoms with Crippen LogP contribution in [0.4, 0.5) is 15.8 Å². The van der Waals surface area contributed by atoms with E-state index in [1.54, 1.807) is 24.7 Å². The minimum atomic E-state index is -0.309. The van der Waals surface area contributed by atoms with Crippen molar-refractivity contribution in [2.45, 2.75) is 19.9 Å². The highest BCUT2D eigenvalue weighted by molar-refractivity contribution is 6.03. The lowest BCUT2D eigenvalue weighted by Crippen LogP contribution is -2.43. The van der Waals surface area contributed by atoms with Gasteiger partial charge in [0.2, 0.25) is 0 Å². The van der Waals surface area contributed by atoms with E-state index in [9.17, 15) is 9.18 Å². The number of piperazine rings is 1. The van der Waals surface area contributed by atoms with E-state index in [2.05, 4.69) is 30.5 Å². The molecule has 35 heavy (non-hydrogen) atoms. The number of benzene rings is 2. The van der Waals surface area contributed by atoms with Gasteiger partial charge in [0.1, 0.15) is 17.2 Å². The molecule has 5 rings (SSSR count). The molecule has 0 radical (unpaired) electrons. The van der Waals surface area contributed by atoms with Crippen molar-refractivity contribution in [3.8, 4) is 22.8 Å². The van der Waals surface area contributed by atoms with Crippen molar-refractivity contribution in [1.29, 1.82) is 0 Å². The standard InChI is InChI=1S/C26H28FN7O/c1-17(2)34-16-30-23(18-3-5-19(27)6-4-18)24(34)25-29-15-22(32-25)26(35)31-20-7-9-21(10-8-20)33-13-11-28-12-14-33/h3-10,15-17,28H,11-14H2,1-2H3,(H,29,32)(H,31,35). The third-order valence-electron chi connectivity index (χ3n) is 6.11. The van der Waals surface area contributed by atoms with E-state index in [4.69, 9.17) is 0 Å². The second kappa shape index (κ2) is 9.71. The summed E-state index contributed by atoms with van der Waals surface area (Å²) in [5.41, 5.74) is 4.30. The summed E-state index contributed by atoms with van der Waals surface area (Å²) >= 11 is 0. The van der Waals surface area contributed by atoms with Crippen LogP contribution in [-0.2, 0) is 0 Å². The first kappa shape index (κ1) is 22.8. The van der Waals surface area contributed by atoms with E-state index in [1.165, 1.54) is 12.1 Å². The number of nitrogens with zero attached hydrogens (tertiary/aromatic N) is 4. The van der Waals surface area contributed by atoms with Crippen LogP contribution in [0.2, 0.25) is 0 Å². The molecular weight excluding hydrogens is 445 g/mol. The third kappa shape index (κ3) is 4.81. The van der Waals surface area contributed by atoms with E-state index >= 15 is 0 Å². The van der Waals surface area contributed by atoms with Gasteiger partial charge in [-0.2, -0.15) is 0 Å². The van der Waals surface area contributed by atoms with Gasteiger partial charge >= 0.3 is 0 Å². The molecule has 0 atom stereocenters. The Morgan fingerprint density at radius 1 is 1.06 bits per heavy atom. The predicted molar refractivity (Wildman–Crippen MR) is 135 cm³/mol. The molecule has 0 aliphatic carbocycles. The number of nitrogens with one attached hydrogen (secondary N) is 3. The number of hydrogen-bond acceptors (Lipinski definition) is 5. The van der Waals surface area contributed by atoms with Gasteiger partial charge in [-0.25, -0.2) is 14.4 Å². The highest BCUT2D eigenvalue weighted by Gasteiger charge is 2.21. The fourth-order valence-corrected chi connectivity index (χ4v) is 4.24. The second-order valence-corrected chi connectivity index (χ2v) is 8.82. The summed E-state index contributed by atoms with van der Waals surface area (Å²) in [7, 11) is 0. The Morgan fingerprint density at radius 3 is 2.46 bits per heavy atom. The molecule has 2 aromatic heterocycles. The van der Waals surface area contributed by atoms with Crippen LogP contribution in [-0.4, -0.2) is 51.6 Å². The first-order valence-electron chi connectivity index (χ1n) is 11.8. The highest BCUT2D eigenvalue weighted by Crippen LogP contribution is 2.32. The Kier molecular flexibility index (Phi) is 6.33. The number of hydrogen-bond donors (Lipinski definition) is 3. The maximum atomic E-state index is 13.5. The normalized spacial score (nSPS) is 13.9. The molecule has 1 aliphatic heterocycles. The number of anilines is 2. The van der Waals surface area contributed by atoms with Crippen molar-refractivity contribution in [2.75, 3.05) is 36.4 Å². The number of rotatable bonds is 6. The molecule has 0 spiro atoms. The third-order valence-corrected chi connectivity index (χ3v) is 6.11. The fourth-order valence-electron chi connectivity index (χ4n) is 4.24. The molecule has 1 fully saturated rings. The van der Waals surface area contributed by atoms with Gasteiger partial charge in [-0.15, -0.1) is 0 Å². The zero-order chi connectivity index (χ0) is 24.4. The lowest BCUT2D eigenvalue weighted by molar-refractivity contribution is 0.102. The van der Waals surface area contributed by atoms with Gasteiger partial charge in [0.05, 0.1) is 12.0 Å². The molecule has 1 amide bonds. The van der Waals surface area contributed by atoms with Crippen LogP contribution in [0.1, 0.15) is 30.4 Å². The number of H-pyrrole nitrogens is 1. The van der Waals surface area contributed by atoms with E-state index in [-0.39, 0.29) is 23.5 Å². The molecule has 4 aromatic rings. The van der Waals surface area contributed by atoms with Gasteiger partial charge in [-0.1, -0.05) is 0 Å². The summed E-state index contributed by atoms with van der Waals surface area (Å²) in [6.07, 6.45) is 3.33. The van der Waals surface area contributed by atoms with Crippen LogP contribution in [0.25, 0.3) is 22.8 Å². The molecule has 0 saturated carbocycles. The average Bonchev–Trinajstić information content (AvgIpc) is 3.53. The molecule has 8 nitrogen and oxygen atoms in total. The van der Waals surface area contributed by atoms with Crippen LogP contribution in [0.3, 0.4) is 0 Å². The number of amides is 1. The fraction of sp³-hybridized carbons (Fsp3) is 0.269. The Balaban J connectivity index is 1.37. The predicted octanol–water partition coefficient (Wildman–Crippen LogP) is 4.32. The van der Waals surface area contributed by atoms with Crippen LogP contribution in [0.5, 0.6) is 0 Å². The quantitative estimate of drug-likeness (QED) is 0.388. The minimum Gasteiger partial charge on any atom is -0.369 e. The van der Waals surface area contributed by atoms with Crippen LogP contribution >= 0.6 is 0 Å². The SMILES string of the molecule is CC(C)n1cnc(-c2ccc(F)cc2)c1-c1nc(C(=O)Nc2ccc(N3CCNCC3)cc2)c[nH]1. The van der Waals surface area contributed by atoms with Gasteiger partial charge in [0, 0.05) is 55.4 Å². The van der Waals surface area contributed by atoms with E-state index in [1.807, 2.05) is 42.7 Å². The second-order valence-electron chi connectivity index (χ2n) is 8.82. The van der Waals surface area contributed by atoms with Crippen molar-refractivity contribution in [1.82, 2.24) is 24.8 Å². The maximum Gasteiger partial charge on any atom is 0.275 e. The number of carbonyl (C=O) groups is 1. The van der Waals surface area contributed by atoms with Gasteiger partial charge in [0.25, 0.3) is 5.91 Å². The first-order valence-corrected chi connectivity index (χ1v) is 11.8. The molecule has 1 saturated heterocycles. The summed E-state index contributed by atoms with van der Waals surface area (Å²) in [4.78, 5) is 27.5. The van der Waals surface area contributed by atoms with E-state index in [0.29, 0.717) is 17.2 Å². The summed E-state index contributed by atoms with van der Waals surface area (Å²) in [6, 6.07) is 14.2.